The fourth-order valence-corrected chi connectivity index (χ4v) is 1.24. The Kier molecular flexibility index (Phi) is 6.29. The molecule has 0 heterocycles. The third-order valence-electron chi connectivity index (χ3n) is 1.75. The molecule has 0 fully saturated rings. The molecular weight excluding hydrogens is 208 g/mol. The smallest absolute Gasteiger partial charge is 0.308 e. The lowest BCUT2D eigenvalue weighted by atomic mass is 10.1. The summed E-state index contributed by atoms with van der Waals surface area (Å²) in [6.07, 6.45) is 1.72. The quantitative estimate of drug-likeness (QED) is 0.553. The molecule has 0 aliphatic carbocycles. The van der Waals surface area contributed by atoms with Crippen LogP contribution in [0.2, 0.25) is 0 Å². The van der Waals surface area contributed by atoms with Gasteiger partial charge in [0.1, 0.15) is 5.60 Å². The van der Waals surface area contributed by atoms with Gasteiger partial charge in [-0.2, -0.15) is 0 Å². The molecule has 0 aliphatic heterocycles. The van der Waals surface area contributed by atoms with E-state index in [9.17, 15) is 15.0 Å². The van der Waals surface area contributed by atoms with Crippen molar-refractivity contribution in [3.8, 4) is 0 Å². The molecule has 0 unspecified atom stereocenters. The molecule has 0 spiro atoms. The zero-order valence-electron chi connectivity index (χ0n) is 10.4. The number of carbonyl (C=O) groups excluding carboxylic acids is 1. The summed E-state index contributed by atoms with van der Waals surface area (Å²) in [5.74, 6) is -0.451. The van der Waals surface area contributed by atoms with Crippen molar-refractivity contribution < 1.29 is 19.7 Å². The molecule has 0 rings (SSSR count). The summed E-state index contributed by atoms with van der Waals surface area (Å²) in [6, 6.07) is 0. The Morgan fingerprint density at radius 2 is 1.94 bits per heavy atom. The molecule has 2 N–H and O–H groups in total. The van der Waals surface area contributed by atoms with E-state index in [-0.39, 0.29) is 12.8 Å². The molecule has 0 radical (unpaired) electrons. The van der Waals surface area contributed by atoms with Gasteiger partial charge in [-0.3, -0.25) is 4.79 Å². The first-order valence-corrected chi connectivity index (χ1v) is 5.45. The van der Waals surface area contributed by atoms with Gasteiger partial charge in [0.25, 0.3) is 0 Å². The lowest BCUT2D eigenvalue weighted by Gasteiger charge is -2.21. The maximum absolute atomic E-state index is 11.3. The summed E-state index contributed by atoms with van der Waals surface area (Å²) < 4.78 is 5.05. The topological polar surface area (TPSA) is 66.8 Å². The van der Waals surface area contributed by atoms with E-state index in [0.29, 0.717) is 0 Å². The molecule has 94 valence electrons. The molecule has 4 nitrogen and oxygen atoms in total. The van der Waals surface area contributed by atoms with Crippen LogP contribution in [0.1, 0.15) is 40.5 Å². The SMILES string of the molecule is C/C=C/[C@@H](O)C[C@H](O)CC(=O)OC(C)(C)C. The molecule has 0 aromatic heterocycles. The largest absolute Gasteiger partial charge is 0.460 e. The van der Waals surface area contributed by atoms with Gasteiger partial charge >= 0.3 is 5.97 Å². The number of aliphatic hydroxyl groups excluding tert-OH is 2. The van der Waals surface area contributed by atoms with Gasteiger partial charge in [0.15, 0.2) is 0 Å². The van der Waals surface area contributed by atoms with E-state index in [1.54, 1.807) is 39.8 Å². The van der Waals surface area contributed by atoms with Crippen LogP contribution in [-0.2, 0) is 9.53 Å². The number of hydrogen-bond donors (Lipinski definition) is 2. The van der Waals surface area contributed by atoms with Crippen LogP contribution in [0.25, 0.3) is 0 Å². The Morgan fingerprint density at radius 3 is 2.38 bits per heavy atom. The number of carbonyl (C=O) groups is 1. The summed E-state index contributed by atoms with van der Waals surface area (Å²) in [7, 11) is 0. The molecule has 0 amide bonds. The number of esters is 1. The van der Waals surface area contributed by atoms with Gasteiger partial charge in [-0.15, -0.1) is 0 Å². The number of allylic oxidation sites excluding steroid dienone is 1. The number of aliphatic hydroxyl groups is 2. The van der Waals surface area contributed by atoms with Crippen molar-refractivity contribution >= 4 is 5.97 Å². The van der Waals surface area contributed by atoms with Gasteiger partial charge in [-0.25, -0.2) is 0 Å². The monoisotopic (exact) mass is 230 g/mol. The van der Waals surface area contributed by atoms with Crippen LogP contribution in [-0.4, -0.2) is 34.0 Å². The van der Waals surface area contributed by atoms with Crippen molar-refractivity contribution in [1.29, 1.82) is 0 Å². The van der Waals surface area contributed by atoms with Crippen LogP contribution in [0, 0.1) is 0 Å². The van der Waals surface area contributed by atoms with Gasteiger partial charge < -0.3 is 14.9 Å². The minimum Gasteiger partial charge on any atom is -0.460 e. The van der Waals surface area contributed by atoms with Crippen molar-refractivity contribution in [3.05, 3.63) is 12.2 Å². The van der Waals surface area contributed by atoms with Gasteiger partial charge in [-0.05, 0) is 27.7 Å². The third kappa shape index (κ3) is 8.44. The highest BCUT2D eigenvalue weighted by Gasteiger charge is 2.20. The highest BCUT2D eigenvalue weighted by Crippen LogP contribution is 2.11. The summed E-state index contributed by atoms with van der Waals surface area (Å²) in [4.78, 5) is 11.3. The van der Waals surface area contributed by atoms with E-state index in [0.717, 1.165) is 0 Å². The highest BCUT2D eigenvalue weighted by molar-refractivity contribution is 5.70. The second-order valence-corrected chi connectivity index (χ2v) is 4.77. The van der Waals surface area contributed by atoms with Crippen molar-refractivity contribution in [2.24, 2.45) is 0 Å². The van der Waals surface area contributed by atoms with Crippen molar-refractivity contribution in [2.75, 3.05) is 0 Å². The standard InChI is InChI=1S/C12H22O4/c1-5-6-9(13)7-10(14)8-11(15)16-12(2,3)4/h5-6,9-10,13-14H,7-8H2,1-4H3/b6-5+/t9-,10+/m1/s1. The molecule has 0 aliphatic rings. The first kappa shape index (κ1) is 15.1. The predicted octanol–water partition coefficient (Wildman–Crippen LogP) is 1.41. The zero-order chi connectivity index (χ0) is 12.8. The summed E-state index contributed by atoms with van der Waals surface area (Å²) in [6.45, 7) is 7.09. The normalized spacial score (nSPS) is 16.1. The van der Waals surface area contributed by atoms with Crippen LogP contribution in [0.15, 0.2) is 12.2 Å². The summed E-state index contributed by atoms with van der Waals surface area (Å²) in [5, 5.41) is 18.9. The number of hydrogen-bond acceptors (Lipinski definition) is 4. The number of ether oxygens (including phenoxy) is 1. The first-order chi connectivity index (χ1) is 7.24. The molecule has 0 saturated heterocycles. The van der Waals surface area contributed by atoms with E-state index < -0.39 is 23.8 Å². The first-order valence-electron chi connectivity index (χ1n) is 5.45. The Bertz CT molecular complexity index is 240. The number of rotatable bonds is 5. The summed E-state index contributed by atoms with van der Waals surface area (Å²) in [5.41, 5.74) is -0.543. The van der Waals surface area contributed by atoms with Gasteiger partial charge in [0.2, 0.25) is 0 Å². The minimum absolute atomic E-state index is 0.0914. The van der Waals surface area contributed by atoms with Gasteiger partial charge in [-0.1, -0.05) is 12.2 Å². The molecule has 0 aromatic rings. The lowest BCUT2D eigenvalue weighted by Crippen LogP contribution is -2.27. The van der Waals surface area contributed by atoms with E-state index in [4.69, 9.17) is 4.74 Å². The third-order valence-corrected chi connectivity index (χ3v) is 1.75. The minimum atomic E-state index is -0.874. The maximum atomic E-state index is 11.3. The van der Waals surface area contributed by atoms with Gasteiger partial charge in [0, 0.05) is 6.42 Å². The Hall–Kier alpha value is -0.870. The second kappa shape index (κ2) is 6.66. The van der Waals surface area contributed by atoms with Crippen molar-refractivity contribution in [2.45, 2.75) is 58.3 Å². The Balaban J connectivity index is 3.96. The van der Waals surface area contributed by atoms with Crippen LogP contribution < -0.4 is 0 Å². The van der Waals surface area contributed by atoms with Crippen LogP contribution in [0.4, 0.5) is 0 Å². The van der Waals surface area contributed by atoms with Crippen LogP contribution in [0.5, 0.6) is 0 Å². The lowest BCUT2D eigenvalue weighted by molar-refractivity contribution is -0.157. The summed E-state index contributed by atoms with van der Waals surface area (Å²) >= 11 is 0. The van der Waals surface area contributed by atoms with Crippen LogP contribution >= 0.6 is 0 Å². The van der Waals surface area contributed by atoms with Crippen molar-refractivity contribution in [3.63, 3.8) is 0 Å². The molecule has 0 saturated carbocycles. The van der Waals surface area contributed by atoms with Crippen LogP contribution in [0.3, 0.4) is 0 Å². The van der Waals surface area contributed by atoms with E-state index in [2.05, 4.69) is 0 Å². The Labute approximate surface area is 96.9 Å². The average Bonchev–Trinajstić information content (AvgIpc) is 1.98. The fourth-order valence-electron chi connectivity index (χ4n) is 1.24. The molecule has 0 bridgehead atoms. The molecule has 0 aromatic carbocycles. The predicted molar refractivity (Wildman–Crippen MR) is 61.9 cm³/mol. The van der Waals surface area contributed by atoms with E-state index >= 15 is 0 Å². The molecule has 2 atom stereocenters. The Morgan fingerprint density at radius 1 is 1.38 bits per heavy atom. The average molecular weight is 230 g/mol. The molecular formula is C12H22O4. The van der Waals surface area contributed by atoms with Gasteiger partial charge in [0.05, 0.1) is 18.6 Å². The molecule has 4 heteroatoms. The van der Waals surface area contributed by atoms with E-state index in [1.807, 2.05) is 0 Å². The second-order valence-electron chi connectivity index (χ2n) is 4.77. The zero-order valence-corrected chi connectivity index (χ0v) is 10.4. The van der Waals surface area contributed by atoms with E-state index in [1.165, 1.54) is 0 Å². The fraction of sp³-hybridized carbons (Fsp3) is 0.750. The highest BCUT2D eigenvalue weighted by atomic mass is 16.6. The van der Waals surface area contributed by atoms with Crippen molar-refractivity contribution in [1.82, 2.24) is 0 Å². The maximum Gasteiger partial charge on any atom is 0.308 e. The molecule has 16 heavy (non-hydrogen) atoms.